The average Bonchev–Trinajstić information content (AvgIpc) is 3.35. The van der Waals surface area contributed by atoms with Gasteiger partial charge in [-0.2, -0.15) is 0 Å². The number of tetrazole rings is 1. The predicted octanol–water partition coefficient (Wildman–Crippen LogP) is 1.84. The van der Waals surface area contributed by atoms with Gasteiger partial charge in [0.15, 0.2) is 5.82 Å². The van der Waals surface area contributed by atoms with Crippen LogP contribution in [0.2, 0.25) is 0 Å². The van der Waals surface area contributed by atoms with E-state index < -0.39 is 11.6 Å². The SMILES string of the molecule is CC(=O)Nc1cccc(CNC(=O)CCCn2nnnc2[C@@H](COCc2ccccc2)NC(=O)C(C)(C)N)c1. The Kier molecular flexibility index (Phi) is 10.6. The highest BCUT2D eigenvalue weighted by molar-refractivity contribution is 5.88. The number of carbonyl (C=O) groups excluding carboxylic acids is 3. The molecule has 0 fully saturated rings. The molecule has 3 rings (SSSR count). The topological polar surface area (TPSA) is 166 Å². The van der Waals surface area contributed by atoms with Gasteiger partial charge in [-0.1, -0.05) is 42.5 Å². The number of ether oxygens (including phenoxy) is 1. The third-order valence-corrected chi connectivity index (χ3v) is 5.67. The molecule has 0 spiro atoms. The average molecular weight is 537 g/mol. The smallest absolute Gasteiger partial charge is 0.240 e. The van der Waals surface area contributed by atoms with Crippen LogP contribution in [0, 0.1) is 0 Å². The Balaban J connectivity index is 1.55. The Morgan fingerprint density at radius 3 is 2.54 bits per heavy atom. The Morgan fingerprint density at radius 1 is 1.08 bits per heavy atom. The Hall–Kier alpha value is -4.16. The zero-order valence-electron chi connectivity index (χ0n) is 22.5. The second kappa shape index (κ2) is 14.1. The molecule has 0 unspecified atom stereocenters. The largest absolute Gasteiger partial charge is 0.374 e. The van der Waals surface area contributed by atoms with Gasteiger partial charge in [-0.05, 0) is 54.0 Å². The summed E-state index contributed by atoms with van der Waals surface area (Å²) in [6.07, 6.45) is 0.728. The van der Waals surface area contributed by atoms with Crippen molar-refractivity contribution in [3.8, 4) is 0 Å². The molecule has 1 aromatic heterocycles. The molecule has 0 radical (unpaired) electrons. The molecule has 208 valence electrons. The third kappa shape index (κ3) is 9.91. The number of hydrogen-bond acceptors (Lipinski definition) is 8. The van der Waals surface area contributed by atoms with Gasteiger partial charge in [0.2, 0.25) is 17.7 Å². The molecular formula is C27H36N8O4. The Bertz CT molecular complexity index is 1240. The van der Waals surface area contributed by atoms with E-state index in [1.807, 2.05) is 48.5 Å². The van der Waals surface area contributed by atoms with Crippen molar-refractivity contribution in [1.29, 1.82) is 0 Å². The van der Waals surface area contributed by atoms with Crippen molar-refractivity contribution in [2.75, 3.05) is 11.9 Å². The summed E-state index contributed by atoms with van der Waals surface area (Å²) in [6.45, 7) is 5.86. The highest BCUT2D eigenvalue weighted by Crippen LogP contribution is 2.14. The zero-order valence-corrected chi connectivity index (χ0v) is 22.5. The number of amides is 3. The first kappa shape index (κ1) is 29.4. The lowest BCUT2D eigenvalue weighted by Gasteiger charge is -2.23. The molecule has 0 aliphatic carbocycles. The molecule has 0 aliphatic heterocycles. The van der Waals surface area contributed by atoms with Crippen LogP contribution in [0.3, 0.4) is 0 Å². The minimum Gasteiger partial charge on any atom is -0.374 e. The molecule has 1 heterocycles. The summed E-state index contributed by atoms with van der Waals surface area (Å²) in [5.41, 5.74) is 7.41. The number of aryl methyl sites for hydroxylation is 1. The molecule has 12 nitrogen and oxygen atoms in total. The molecule has 12 heteroatoms. The summed E-state index contributed by atoms with van der Waals surface area (Å²) in [7, 11) is 0. The van der Waals surface area contributed by atoms with E-state index in [2.05, 4.69) is 31.5 Å². The van der Waals surface area contributed by atoms with E-state index in [1.54, 1.807) is 24.6 Å². The van der Waals surface area contributed by atoms with Crippen LogP contribution >= 0.6 is 0 Å². The second-order valence-electron chi connectivity index (χ2n) is 9.77. The van der Waals surface area contributed by atoms with Gasteiger partial charge in [0.05, 0.1) is 18.8 Å². The summed E-state index contributed by atoms with van der Waals surface area (Å²) in [6, 6.07) is 16.3. The number of nitrogens with two attached hydrogens (primary N) is 1. The minimum absolute atomic E-state index is 0.129. The highest BCUT2D eigenvalue weighted by Gasteiger charge is 2.28. The number of carbonyl (C=O) groups is 3. The normalized spacial score (nSPS) is 12.0. The van der Waals surface area contributed by atoms with Crippen LogP contribution in [0.4, 0.5) is 5.69 Å². The van der Waals surface area contributed by atoms with Crippen molar-refractivity contribution in [3.63, 3.8) is 0 Å². The summed E-state index contributed by atoms with van der Waals surface area (Å²) >= 11 is 0. The van der Waals surface area contributed by atoms with Crippen LogP contribution in [-0.2, 0) is 38.8 Å². The number of benzene rings is 2. The fraction of sp³-hybridized carbons (Fsp3) is 0.407. The number of nitrogens with zero attached hydrogens (tertiary/aromatic N) is 4. The maximum absolute atomic E-state index is 12.6. The molecule has 5 N–H and O–H groups in total. The lowest BCUT2D eigenvalue weighted by atomic mass is 10.1. The van der Waals surface area contributed by atoms with Crippen molar-refractivity contribution < 1.29 is 19.1 Å². The third-order valence-electron chi connectivity index (χ3n) is 5.67. The van der Waals surface area contributed by atoms with Crippen LogP contribution in [0.25, 0.3) is 0 Å². The number of rotatable bonds is 14. The van der Waals surface area contributed by atoms with Crippen LogP contribution in [0.1, 0.15) is 56.6 Å². The van der Waals surface area contributed by atoms with Gasteiger partial charge in [-0.25, -0.2) is 4.68 Å². The van der Waals surface area contributed by atoms with Gasteiger partial charge in [-0.15, -0.1) is 5.10 Å². The molecule has 0 aliphatic rings. The van der Waals surface area contributed by atoms with Crippen molar-refractivity contribution in [2.45, 2.75) is 64.9 Å². The maximum atomic E-state index is 12.6. The Labute approximate surface area is 227 Å². The quantitative estimate of drug-likeness (QED) is 0.242. The van der Waals surface area contributed by atoms with Gasteiger partial charge < -0.3 is 26.4 Å². The first-order valence-corrected chi connectivity index (χ1v) is 12.7. The monoisotopic (exact) mass is 536 g/mol. The van der Waals surface area contributed by atoms with Gasteiger partial charge in [0.1, 0.15) is 6.04 Å². The van der Waals surface area contributed by atoms with E-state index in [-0.39, 0.29) is 30.7 Å². The molecule has 0 saturated carbocycles. The summed E-state index contributed by atoms with van der Waals surface area (Å²) in [5.74, 6) is -0.242. The number of aromatic nitrogens is 4. The molecule has 0 saturated heterocycles. The van der Waals surface area contributed by atoms with Gasteiger partial charge in [-0.3, -0.25) is 14.4 Å². The van der Waals surface area contributed by atoms with Gasteiger partial charge >= 0.3 is 0 Å². The molecule has 39 heavy (non-hydrogen) atoms. The van der Waals surface area contributed by atoms with E-state index >= 15 is 0 Å². The van der Waals surface area contributed by atoms with Gasteiger partial charge in [0.25, 0.3) is 0 Å². The standard InChI is InChI=1S/C27H36N8O4/c1-19(36)30-22-12-7-11-21(15-22)16-29-24(37)13-8-14-35-25(32-33-34-35)23(31-26(38)27(2,3)28)18-39-17-20-9-5-4-6-10-20/h4-7,9-12,15,23H,8,13-14,16-18,28H2,1-3H3,(H,29,37)(H,30,36)(H,31,38)/t23-/m1/s1. The number of hydrogen-bond donors (Lipinski definition) is 4. The van der Waals surface area contributed by atoms with Crippen molar-refractivity contribution >= 4 is 23.4 Å². The van der Waals surface area contributed by atoms with Gasteiger partial charge in [0, 0.05) is 32.1 Å². The summed E-state index contributed by atoms with van der Waals surface area (Å²) < 4.78 is 7.43. The van der Waals surface area contributed by atoms with E-state index in [0.717, 1.165) is 11.1 Å². The second-order valence-corrected chi connectivity index (χ2v) is 9.77. The predicted molar refractivity (Wildman–Crippen MR) is 145 cm³/mol. The van der Waals surface area contributed by atoms with Crippen LogP contribution in [0.5, 0.6) is 0 Å². The first-order chi connectivity index (χ1) is 18.6. The number of nitrogens with one attached hydrogen (secondary N) is 3. The minimum atomic E-state index is -1.10. The van der Waals surface area contributed by atoms with Crippen molar-refractivity contribution in [2.24, 2.45) is 5.73 Å². The zero-order chi connectivity index (χ0) is 28.3. The van der Waals surface area contributed by atoms with Crippen LogP contribution < -0.4 is 21.7 Å². The fourth-order valence-electron chi connectivity index (χ4n) is 3.65. The van der Waals surface area contributed by atoms with E-state index in [0.29, 0.717) is 37.6 Å². The molecule has 2 aromatic carbocycles. The maximum Gasteiger partial charge on any atom is 0.240 e. The van der Waals surface area contributed by atoms with Crippen LogP contribution in [0.15, 0.2) is 54.6 Å². The molecule has 1 atom stereocenters. The lowest BCUT2D eigenvalue weighted by Crippen LogP contribution is -2.51. The molecular weight excluding hydrogens is 500 g/mol. The van der Waals surface area contributed by atoms with Crippen LogP contribution in [-0.4, -0.2) is 50.1 Å². The first-order valence-electron chi connectivity index (χ1n) is 12.7. The number of anilines is 1. The van der Waals surface area contributed by atoms with E-state index in [1.165, 1.54) is 6.92 Å². The van der Waals surface area contributed by atoms with Crippen molar-refractivity contribution in [1.82, 2.24) is 30.8 Å². The summed E-state index contributed by atoms with van der Waals surface area (Å²) in [5, 5.41) is 20.4. The summed E-state index contributed by atoms with van der Waals surface area (Å²) in [4.78, 5) is 36.3. The fourth-order valence-corrected chi connectivity index (χ4v) is 3.65. The Morgan fingerprint density at radius 2 is 1.82 bits per heavy atom. The van der Waals surface area contributed by atoms with Crippen molar-refractivity contribution in [3.05, 3.63) is 71.5 Å². The molecule has 3 amide bonds. The lowest BCUT2D eigenvalue weighted by molar-refractivity contribution is -0.126. The molecule has 3 aromatic rings. The highest BCUT2D eigenvalue weighted by atomic mass is 16.5. The van der Waals surface area contributed by atoms with E-state index in [9.17, 15) is 14.4 Å². The van der Waals surface area contributed by atoms with E-state index in [4.69, 9.17) is 10.5 Å². The molecule has 0 bridgehead atoms.